The van der Waals surface area contributed by atoms with Gasteiger partial charge in [-0.2, -0.15) is 13.2 Å². The van der Waals surface area contributed by atoms with Crippen LogP contribution in [0.3, 0.4) is 0 Å². The summed E-state index contributed by atoms with van der Waals surface area (Å²) in [6.07, 6.45) is -1.76. The average Bonchev–Trinajstić information content (AvgIpc) is 2.08. The highest BCUT2D eigenvalue weighted by Crippen LogP contribution is 2.19. The van der Waals surface area contributed by atoms with Crippen LogP contribution in [0.5, 0.6) is 0 Å². The van der Waals surface area contributed by atoms with Crippen LogP contribution in [0.1, 0.15) is 39.5 Å². The van der Waals surface area contributed by atoms with Crippen molar-refractivity contribution in [2.24, 2.45) is 0 Å². The first-order chi connectivity index (χ1) is 6.49. The molecule has 0 saturated heterocycles. The summed E-state index contributed by atoms with van der Waals surface area (Å²) < 4.78 is 35.9. The van der Waals surface area contributed by atoms with E-state index in [1.807, 2.05) is 18.7 Å². The van der Waals surface area contributed by atoms with E-state index in [0.29, 0.717) is 0 Å². The molecule has 0 fully saturated rings. The first-order valence-electron chi connectivity index (χ1n) is 5.28. The molecule has 86 valence electrons. The second kappa shape index (κ2) is 7.10. The first-order valence-corrected chi connectivity index (χ1v) is 5.28. The molecule has 0 aliphatic carbocycles. The van der Waals surface area contributed by atoms with Gasteiger partial charge in [0.1, 0.15) is 0 Å². The van der Waals surface area contributed by atoms with Crippen LogP contribution in [0.25, 0.3) is 0 Å². The maximum atomic E-state index is 12.0. The highest BCUT2D eigenvalue weighted by Gasteiger charge is 2.27. The molecule has 0 heterocycles. The molecule has 0 aromatic rings. The minimum atomic E-state index is -4.02. The van der Waals surface area contributed by atoms with Crippen molar-refractivity contribution in [3.05, 3.63) is 0 Å². The number of alkyl halides is 3. The zero-order chi connectivity index (χ0) is 11.0. The lowest BCUT2D eigenvalue weighted by Gasteiger charge is -2.21. The van der Waals surface area contributed by atoms with Crippen molar-refractivity contribution in [3.63, 3.8) is 0 Å². The smallest absolute Gasteiger partial charge is 0.303 e. The van der Waals surface area contributed by atoms with Crippen LogP contribution in [0.4, 0.5) is 13.2 Å². The van der Waals surface area contributed by atoms with E-state index in [1.165, 1.54) is 0 Å². The van der Waals surface area contributed by atoms with E-state index < -0.39 is 12.6 Å². The summed E-state index contributed by atoms with van der Waals surface area (Å²) in [5, 5.41) is 0. The Morgan fingerprint density at radius 2 is 1.57 bits per heavy atom. The molecule has 0 bridgehead atoms. The Balaban J connectivity index is 3.72. The van der Waals surface area contributed by atoms with Gasteiger partial charge in [0.05, 0.1) is 6.42 Å². The Bertz CT molecular complexity index is 134. The van der Waals surface area contributed by atoms with Crippen LogP contribution in [0, 0.1) is 0 Å². The van der Waals surface area contributed by atoms with Gasteiger partial charge in [0, 0.05) is 6.54 Å². The third kappa shape index (κ3) is 8.35. The lowest BCUT2D eigenvalue weighted by Crippen LogP contribution is -2.29. The topological polar surface area (TPSA) is 3.24 Å². The fraction of sp³-hybridized carbons (Fsp3) is 1.00. The van der Waals surface area contributed by atoms with E-state index in [9.17, 15) is 13.2 Å². The summed E-state index contributed by atoms with van der Waals surface area (Å²) in [5.74, 6) is 0. The lowest BCUT2D eigenvalue weighted by molar-refractivity contribution is -0.138. The quantitative estimate of drug-likeness (QED) is 0.623. The molecular weight excluding hydrogens is 191 g/mol. The molecule has 0 N–H and O–H groups in total. The van der Waals surface area contributed by atoms with E-state index in [4.69, 9.17) is 0 Å². The van der Waals surface area contributed by atoms with Gasteiger partial charge in [-0.15, -0.1) is 0 Å². The zero-order valence-electron chi connectivity index (χ0n) is 9.03. The maximum absolute atomic E-state index is 12.0. The molecule has 0 spiro atoms. The van der Waals surface area contributed by atoms with Gasteiger partial charge < -0.3 is 4.90 Å². The van der Waals surface area contributed by atoms with Gasteiger partial charge in [-0.05, 0) is 25.9 Å². The molecule has 0 radical (unpaired) electrons. The second-order valence-corrected chi connectivity index (χ2v) is 3.56. The Hall–Kier alpha value is -0.250. The molecule has 0 aromatic heterocycles. The second-order valence-electron chi connectivity index (χ2n) is 3.56. The van der Waals surface area contributed by atoms with Crippen molar-refractivity contribution in [2.45, 2.75) is 45.7 Å². The summed E-state index contributed by atoms with van der Waals surface area (Å²) >= 11 is 0. The Kier molecular flexibility index (Phi) is 6.97. The van der Waals surface area contributed by atoms with E-state index in [1.54, 1.807) is 0 Å². The fourth-order valence-corrected chi connectivity index (χ4v) is 1.32. The molecular formula is C10H20F3N. The van der Waals surface area contributed by atoms with Gasteiger partial charge in [0.2, 0.25) is 0 Å². The van der Waals surface area contributed by atoms with Gasteiger partial charge in [-0.25, -0.2) is 0 Å². The number of hydrogen-bond donors (Lipinski definition) is 0. The van der Waals surface area contributed by atoms with E-state index in [0.717, 1.165) is 32.4 Å². The molecule has 1 nitrogen and oxygen atoms in total. The van der Waals surface area contributed by atoms with Crippen molar-refractivity contribution < 1.29 is 13.2 Å². The summed E-state index contributed by atoms with van der Waals surface area (Å²) in [4.78, 5) is 1.90. The third-order valence-corrected chi connectivity index (χ3v) is 2.08. The van der Waals surface area contributed by atoms with Crippen LogP contribution >= 0.6 is 0 Å². The van der Waals surface area contributed by atoms with Crippen LogP contribution in [0.2, 0.25) is 0 Å². The zero-order valence-corrected chi connectivity index (χ0v) is 9.03. The molecule has 0 unspecified atom stereocenters. The number of hydrogen-bond acceptors (Lipinski definition) is 1. The van der Waals surface area contributed by atoms with Crippen molar-refractivity contribution in [2.75, 3.05) is 19.6 Å². The average molecular weight is 211 g/mol. The largest absolute Gasteiger partial charge is 0.390 e. The van der Waals surface area contributed by atoms with Crippen molar-refractivity contribution in [1.29, 1.82) is 0 Å². The minimum absolute atomic E-state index is 0.150. The van der Waals surface area contributed by atoms with Crippen molar-refractivity contribution in [1.82, 2.24) is 4.90 Å². The number of nitrogens with zero attached hydrogens (tertiary/aromatic N) is 1. The number of halogens is 3. The van der Waals surface area contributed by atoms with Crippen LogP contribution < -0.4 is 0 Å². The van der Waals surface area contributed by atoms with Crippen LogP contribution in [-0.2, 0) is 0 Å². The molecule has 0 saturated carbocycles. The maximum Gasteiger partial charge on any atom is 0.390 e. The monoisotopic (exact) mass is 211 g/mol. The molecule has 0 aliphatic heterocycles. The number of rotatable bonds is 7. The predicted octanol–water partition coefficient (Wildman–Crippen LogP) is 3.45. The first kappa shape index (κ1) is 13.8. The third-order valence-electron chi connectivity index (χ3n) is 2.08. The van der Waals surface area contributed by atoms with Gasteiger partial charge in [-0.3, -0.25) is 0 Å². The van der Waals surface area contributed by atoms with Crippen molar-refractivity contribution in [3.8, 4) is 0 Å². The van der Waals surface area contributed by atoms with Crippen molar-refractivity contribution >= 4 is 0 Å². The molecule has 14 heavy (non-hydrogen) atoms. The Morgan fingerprint density at radius 3 is 2.00 bits per heavy atom. The van der Waals surface area contributed by atoms with E-state index >= 15 is 0 Å². The predicted molar refractivity (Wildman–Crippen MR) is 52.3 cm³/mol. The molecule has 0 atom stereocenters. The van der Waals surface area contributed by atoms with Gasteiger partial charge in [-0.1, -0.05) is 20.3 Å². The fourth-order valence-electron chi connectivity index (χ4n) is 1.32. The van der Waals surface area contributed by atoms with E-state index in [-0.39, 0.29) is 6.54 Å². The summed E-state index contributed by atoms with van der Waals surface area (Å²) in [6.45, 7) is 5.76. The SMILES string of the molecule is CCCCN(CCC)CCC(F)(F)F. The standard InChI is InChI=1S/C10H20F3N/c1-3-5-8-14(7-4-2)9-6-10(11,12)13/h3-9H2,1-2H3. The highest BCUT2D eigenvalue weighted by molar-refractivity contribution is 4.60. The van der Waals surface area contributed by atoms with Gasteiger partial charge >= 0.3 is 6.18 Å². The van der Waals surface area contributed by atoms with Crippen LogP contribution in [0.15, 0.2) is 0 Å². The normalized spacial score (nSPS) is 12.4. The van der Waals surface area contributed by atoms with Crippen LogP contribution in [-0.4, -0.2) is 30.7 Å². The summed E-state index contributed by atoms with van der Waals surface area (Å²) in [6, 6.07) is 0. The Morgan fingerprint density at radius 1 is 0.929 bits per heavy atom. The molecule has 0 aliphatic rings. The molecule has 0 aromatic carbocycles. The van der Waals surface area contributed by atoms with Gasteiger partial charge in [0.25, 0.3) is 0 Å². The van der Waals surface area contributed by atoms with E-state index in [2.05, 4.69) is 0 Å². The summed E-state index contributed by atoms with van der Waals surface area (Å²) in [7, 11) is 0. The molecule has 4 heteroatoms. The molecule has 0 amide bonds. The Labute approximate surface area is 84.3 Å². The molecule has 0 rings (SSSR count). The minimum Gasteiger partial charge on any atom is -0.303 e. The highest BCUT2D eigenvalue weighted by atomic mass is 19.4. The summed E-state index contributed by atoms with van der Waals surface area (Å²) in [5.41, 5.74) is 0. The van der Waals surface area contributed by atoms with Gasteiger partial charge in [0.15, 0.2) is 0 Å². The number of unbranched alkanes of at least 4 members (excludes halogenated alkanes) is 1. The lowest BCUT2D eigenvalue weighted by atomic mass is 10.2.